The number of carbonyl (C=O) groups is 2. The summed E-state index contributed by atoms with van der Waals surface area (Å²) in [6, 6.07) is 8.90. The molecule has 1 fully saturated rings. The van der Waals surface area contributed by atoms with E-state index < -0.39 is 24.0 Å². The number of benzene rings is 1. The molecule has 3 heterocycles. The molecule has 3 aromatic rings. The van der Waals surface area contributed by atoms with Gasteiger partial charge in [-0.2, -0.15) is 5.10 Å². The first-order valence-electron chi connectivity index (χ1n) is 11.1. The normalized spacial score (nSPS) is 17.9. The second-order valence-electron chi connectivity index (χ2n) is 8.20. The molecule has 1 unspecified atom stereocenters. The van der Waals surface area contributed by atoms with E-state index >= 15 is 0 Å². The number of hydrogen-bond donors (Lipinski definition) is 3. The predicted octanol–water partition coefficient (Wildman–Crippen LogP) is 2.64. The number of fused-ring (bicyclic) bond motifs is 1. The highest BCUT2D eigenvalue weighted by molar-refractivity contribution is 5.77. The SMILES string of the molecule is C#Cc1cccc(Nc2ncnn3ccc(CN4CC[C@@H](NC(=O)OCC=C)C(C(=O)O)C4)c23)c1. The number of aromatic nitrogens is 3. The number of carbonyl (C=O) groups excluding carboxylic acids is 1. The monoisotopic (exact) mass is 474 g/mol. The number of hydrogen-bond acceptors (Lipinski definition) is 7. The van der Waals surface area contributed by atoms with Crippen molar-refractivity contribution in [2.75, 3.05) is 25.0 Å². The zero-order chi connectivity index (χ0) is 24.8. The van der Waals surface area contributed by atoms with Crippen LogP contribution in [-0.2, 0) is 16.1 Å². The molecule has 3 N–H and O–H groups in total. The van der Waals surface area contributed by atoms with E-state index in [1.165, 1.54) is 12.4 Å². The van der Waals surface area contributed by atoms with E-state index in [1.54, 1.807) is 4.52 Å². The fraction of sp³-hybridized carbons (Fsp3) is 0.280. The lowest BCUT2D eigenvalue weighted by Gasteiger charge is -2.36. The van der Waals surface area contributed by atoms with Crippen molar-refractivity contribution in [3.05, 3.63) is 66.6 Å². The Bertz CT molecular complexity index is 1280. The Balaban J connectivity index is 1.51. The van der Waals surface area contributed by atoms with Crippen molar-refractivity contribution in [2.24, 2.45) is 5.92 Å². The van der Waals surface area contributed by atoms with Gasteiger partial charge in [0.05, 0.1) is 5.92 Å². The van der Waals surface area contributed by atoms with Crippen molar-refractivity contribution in [3.63, 3.8) is 0 Å². The molecule has 180 valence electrons. The molecule has 0 saturated carbocycles. The van der Waals surface area contributed by atoms with Crippen LogP contribution in [0.25, 0.3) is 5.52 Å². The van der Waals surface area contributed by atoms with Crippen LogP contribution in [0, 0.1) is 18.3 Å². The molecular weight excluding hydrogens is 448 g/mol. The van der Waals surface area contributed by atoms with Crippen LogP contribution in [0.1, 0.15) is 17.5 Å². The Labute approximate surface area is 202 Å². The average Bonchev–Trinajstić information content (AvgIpc) is 3.27. The molecule has 35 heavy (non-hydrogen) atoms. The third kappa shape index (κ3) is 5.59. The largest absolute Gasteiger partial charge is 0.481 e. The number of terminal acetylenes is 1. The van der Waals surface area contributed by atoms with Crippen molar-refractivity contribution in [1.82, 2.24) is 24.8 Å². The minimum Gasteiger partial charge on any atom is -0.481 e. The van der Waals surface area contributed by atoms with E-state index in [1.807, 2.05) is 36.5 Å². The van der Waals surface area contributed by atoms with Crippen molar-refractivity contribution < 1.29 is 19.4 Å². The van der Waals surface area contributed by atoms with Crippen LogP contribution in [0.15, 0.2) is 55.5 Å². The summed E-state index contributed by atoms with van der Waals surface area (Å²) in [5.74, 6) is 1.50. The third-order valence-electron chi connectivity index (χ3n) is 5.87. The van der Waals surface area contributed by atoms with Crippen LogP contribution >= 0.6 is 0 Å². The molecule has 10 nitrogen and oxygen atoms in total. The number of alkyl carbamates (subject to hydrolysis) is 1. The van der Waals surface area contributed by atoms with Crippen LogP contribution in [0.4, 0.5) is 16.3 Å². The Morgan fingerprint density at radius 1 is 1.37 bits per heavy atom. The molecular formula is C25H26N6O4. The number of carboxylic acid groups (broad SMARTS) is 1. The average molecular weight is 475 g/mol. The molecule has 2 atom stereocenters. The third-order valence-corrected chi connectivity index (χ3v) is 5.87. The maximum atomic E-state index is 11.9. The standard InChI is InChI=1S/C25H26N6O4/c1-3-12-35-25(34)29-21-9-10-30(15-20(21)24(32)33)14-18-8-11-31-22(18)23(26-16-27-31)28-19-7-5-6-17(4-2)13-19/h2-3,5-8,11,13,16,20-21H,1,9-10,12,14-15H2,(H,29,34)(H,32,33)(H,26,27,28)/t20?,21-/m1/s1. The fourth-order valence-electron chi connectivity index (χ4n) is 4.22. The minimum atomic E-state index is -0.968. The van der Waals surface area contributed by atoms with Gasteiger partial charge in [0.25, 0.3) is 0 Å². The molecule has 0 radical (unpaired) electrons. The molecule has 1 saturated heterocycles. The van der Waals surface area contributed by atoms with E-state index in [0.717, 1.165) is 22.3 Å². The molecule has 0 bridgehead atoms. The lowest BCUT2D eigenvalue weighted by molar-refractivity contribution is -0.144. The Kier molecular flexibility index (Phi) is 7.28. The Hall–Kier alpha value is -4.36. The lowest BCUT2D eigenvalue weighted by atomic mass is 9.92. The molecule has 4 rings (SSSR count). The maximum Gasteiger partial charge on any atom is 0.407 e. The van der Waals surface area contributed by atoms with Crippen LogP contribution in [0.5, 0.6) is 0 Å². The quantitative estimate of drug-likeness (QED) is 0.337. The van der Waals surface area contributed by atoms with Crippen molar-refractivity contribution in [2.45, 2.75) is 19.0 Å². The van der Waals surface area contributed by atoms with Gasteiger partial charge in [-0.05, 0) is 36.2 Å². The van der Waals surface area contributed by atoms with Crippen LogP contribution in [-0.4, -0.2) is 62.4 Å². The summed E-state index contributed by atoms with van der Waals surface area (Å²) in [7, 11) is 0. The number of aliphatic carboxylic acids is 1. The number of likely N-dealkylation sites (tertiary alicyclic amines) is 1. The lowest BCUT2D eigenvalue weighted by Crippen LogP contribution is -2.53. The van der Waals surface area contributed by atoms with Gasteiger partial charge < -0.3 is 20.5 Å². The maximum absolute atomic E-state index is 11.9. The first-order valence-corrected chi connectivity index (χ1v) is 11.1. The highest BCUT2D eigenvalue weighted by Gasteiger charge is 2.35. The van der Waals surface area contributed by atoms with Gasteiger partial charge in [0.1, 0.15) is 18.5 Å². The van der Waals surface area contributed by atoms with Gasteiger partial charge in [0.15, 0.2) is 5.82 Å². The number of nitrogens with zero attached hydrogens (tertiary/aromatic N) is 4. The molecule has 1 amide bonds. The minimum absolute atomic E-state index is 0.0651. The van der Waals surface area contributed by atoms with Gasteiger partial charge in [0.2, 0.25) is 0 Å². The predicted molar refractivity (Wildman–Crippen MR) is 130 cm³/mol. The molecule has 1 aliphatic heterocycles. The number of piperidine rings is 1. The van der Waals surface area contributed by atoms with Crippen LogP contribution < -0.4 is 10.6 Å². The van der Waals surface area contributed by atoms with E-state index in [-0.39, 0.29) is 13.2 Å². The van der Waals surface area contributed by atoms with Crippen LogP contribution in [0.3, 0.4) is 0 Å². The number of ether oxygens (including phenoxy) is 1. The smallest absolute Gasteiger partial charge is 0.407 e. The summed E-state index contributed by atoms with van der Waals surface area (Å²) in [5, 5.41) is 20.1. The van der Waals surface area contributed by atoms with Gasteiger partial charge in [0, 0.05) is 43.1 Å². The van der Waals surface area contributed by atoms with Crippen molar-refractivity contribution in [3.8, 4) is 12.3 Å². The summed E-state index contributed by atoms with van der Waals surface area (Å²) < 4.78 is 6.68. The second-order valence-corrected chi connectivity index (χ2v) is 8.20. The van der Waals surface area contributed by atoms with Gasteiger partial charge in [-0.3, -0.25) is 9.69 Å². The molecule has 1 aromatic carbocycles. The number of amides is 1. The number of anilines is 2. The topological polar surface area (TPSA) is 121 Å². The zero-order valence-corrected chi connectivity index (χ0v) is 19.1. The number of rotatable bonds is 8. The molecule has 1 aliphatic rings. The number of carboxylic acids is 1. The van der Waals surface area contributed by atoms with Gasteiger partial charge in [-0.25, -0.2) is 14.3 Å². The van der Waals surface area contributed by atoms with Crippen molar-refractivity contribution >= 4 is 29.1 Å². The van der Waals surface area contributed by atoms with E-state index in [4.69, 9.17) is 11.2 Å². The summed E-state index contributed by atoms with van der Waals surface area (Å²) >= 11 is 0. The van der Waals surface area contributed by atoms with E-state index in [2.05, 4.69) is 38.1 Å². The Morgan fingerprint density at radius 3 is 3.00 bits per heavy atom. The fourth-order valence-corrected chi connectivity index (χ4v) is 4.22. The second kappa shape index (κ2) is 10.7. The first-order chi connectivity index (χ1) is 17.0. The Morgan fingerprint density at radius 2 is 2.23 bits per heavy atom. The van der Waals surface area contributed by atoms with Gasteiger partial charge >= 0.3 is 12.1 Å². The summed E-state index contributed by atoms with van der Waals surface area (Å²) in [6.45, 7) is 4.95. The van der Waals surface area contributed by atoms with E-state index in [9.17, 15) is 14.7 Å². The van der Waals surface area contributed by atoms with Gasteiger partial charge in [-0.1, -0.05) is 24.6 Å². The molecule has 0 spiro atoms. The summed E-state index contributed by atoms with van der Waals surface area (Å²) in [6.07, 6.45) is 10.1. The molecule has 0 aliphatic carbocycles. The molecule has 10 heteroatoms. The van der Waals surface area contributed by atoms with Crippen LogP contribution in [0.2, 0.25) is 0 Å². The van der Waals surface area contributed by atoms with Crippen molar-refractivity contribution in [1.29, 1.82) is 0 Å². The highest BCUT2D eigenvalue weighted by atomic mass is 16.5. The summed E-state index contributed by atoms with van der Waals surface area (Å²) in [4.78, 5) is 30.3. The summed E-state index contributed by atoms with van der Waals surface area (Å²) in [5.41, 5.74) is 3.29. The van der Waals surface area contributed by atoms with E-state index in [0.29, 0.717) is 25.3 Å². The highest BCUT2D eigenvalue weighted by Crippen LogP contribution is 2.26. The first kappa shape index (κ1) is 23.8. The van der Waals surface area contributed by atoms with Gasteiger partial charge in [-0.15, -0.1) is 6.42 Å². The molecule has 2 aromatic heterocycles. The zero-order valence-electron chi connectivity index (χ0n) is 19.1. The number of nitrogens with one attached hydrogen (secondary N) is 2.